The molecule has 3 rings (SSSR count). The first-order valence-electron chi connectivity index (χ1n) is 7.15. The third-order valence-electron chi connectivity index (χ3n) is 4.21. The largest absolute Gasteiger partial charge is 0.397 e. The van der Waals surface area contributed by atoms with Gasteiger partial charge in [0.2, 0.25) is 0 Å². The van der Waals surface area contributed by atoms with Gasteiger partial charge in [-0.15, -0.1) is 0 Å². The van der Waals surface area contributed by atoms with Crippen LogP contribution in [0, 0.1) is 5.92 Å². The first-order valence-corrected chi connectivity index (χ1v) is 8.55. The number of nitrogens with zero attached hydrogens (tertiary/aromatic N) is 2. The summed E-state index contributed by atoms with van der Waals surface area (Å²) in [5.74, 6) is 0.425. The third kappa shape index (κ3) is 2.16. The summed E-state index contributed by atoms with van der Waals surface area (Å²) in [4.78, 5) is 0. The van der Waals surface area contributed by atoms with E-state index in [0.717, 1.165) is 24.8 Å². The first-order chi connectivity index (χ1) is 9.50. The molecule has 6 heteroatoms. The Labute approximate surface area is 120 Å². The highest BCUT2D eigenvalue weighted by molar-refractivity contribution is 7.90. The molecule has 0 amide bonds. The molecule has 0 radical (unpaired) electrons. The van der Waals surface area contributed by atoms with E-state index in [4.69, 9.17) is 5.73 Å². The molecule has 20 heavy (non-hydrogen) atoms. The predicted molar refractivity (Wildman–Crippen MR) is 80.8 cm³/mol. The number of para-hydroxylation sites is 1. The van der Waals surface area contributed by atoms with Crippen LogP contribution in [0.1, 0.15) is 25.3 Å². The average Bonchev–Trinajstić information content (AvgIpc) is 2.85. The highest BCUT2D eigenvalue weighted by Gasteiger charge is 2.37. The number of hydrogen-bond donors (Lipinski definition) is 1. The van der Waals surface area contributed by atoms with Crippen molar-refractivity contribution >= 4 is 21.6 Å². The molecule has 2 N–H and O–H groups in total. The van der Waals surface area contributed by atoms with Gasteiger partial charge >= 0.3 is 10.2 Å². The lowest BCUT2D eigenvalue weighted by Crippen LogP contribution is -2.47. The van der Waals surface area contributed by atoms with E-state index >= 15 is 0 Å². The van der Waals surface area contributed by atoms with Crippen molar-refractivity contribution in [3.05, 3.63) is 23.8 Å². The molecule has 1 fully saturated rings. The van der Waals surface area contributed by atoms with Crippen LogP contribution in [0.25, 0.3) is 0 Å². The van der Waals surface area contributed by atoms with Gasteiger partial charge < -0.3 is 5.73 Å². The Morgan fingerprint density at radius 3 is 2.85 bits per heavy atom. The van der Waals surface area contributed by atoms with Crippen molar-refractivity contribution < 1.29 is 8.42 Å². The van der Waals surface area contributed by atoms with Crippen molar-refractivity contribution in [2.24, 2.45) is 5.92 Å². The standard InChI is InChI=1S/C14H21N3O2S/c1-11-4-3-8-16(10-11)20(18,19)17-9-7-12-5-2-6-13(15)14(12)17/h2,5-6,11H,3-4,7-10,15H2,1H3. The van der Waals surface area contributed by atoms with Crippen LogP contribution >= 0.6 is 0 Å². The number of fused-ring (bicyclic) bond motifs is 1. The Morgan fingerprint density at radius 1 is 1.30 bits per heavy atom. The van der Waals surface area contributed by atoms with Crippen LogP contribution in [0.15, 0.2) is 18.2 Å². The fourth-order valence-corrected chi connectivity index (χ4v) is 5.03. The molecule has 0 aliphatic carbocycles. The number of benzene rings is 1. The molecule has 0 saturated carbocycles. The zero-order valence-corrected chi connectivity index (χ0v) is 12.6. The quantitative estimate of drug-likeness (QED) is 0.843. The van der Waals surface area contributed by atoms with E-state index in [2.05, 4.69) is 6.92 Å². The highest BCUT2D eigenvalue weighted by Crippen LogP contribution is 2.37. The molecule has 2 aliphatic heterocycles. The fourth-order valence-electron chi connectivity index (χ4n) is 3.18. The van der Waals surface area contributed by atoms with Gasteiger partial charge in [0, 0.05) is 19.6 Å². The Morgan fingerprint density at radius 2 is 2.10 bits per heavy atom. The topological polar surface area (TPSA) is 66.6 Å². The fraction of sp³-hybridized carbons (Fsp3) is 0.571. The summed E-state index contributed by atoms with van der Waals surface area (Å²) in [6.07, 6.45) is 2.78. The second kappa shape index (κ2) is 4.93. The normalized spacial score (nSPS) is 23.9. The molecule has 5 nitrogen and oxygen atoms in total. The first kappa shape index (κ1) is 13.7. The van der Waals surface area contributed by atoms with Crippen molar-refractivity contribution in [3.8, 4) is 0 Å². The van der Waals surface area contributed by atoms with Gasteiger partial charge in [-0.25, -0.2) is 0 Å². The molecular weight excluding hydrogens is 274 g/mol. The van der Waals surface area contributed by atoms with Gasteiger partial charge in [0.1, 0.15) is 0 Å². The summed E-state index contributed by atoms with van der Waals surface area (Å²) in [6.45, 7) is 3.83. The molecule has 110 valence electrons. The van der Waals surface area contributed by atoms with Crippen molar-refractivity contribution in [2.45, 2.75) is 26.2 Å². The van der Waals surface area contributed by atoms with Crippen LogP contribution in [-0.4, -0.2) is 32.4 Å². The minimum Gasteiger partial charge on any atom is -0.397 e. The number of anilines is 2. The maximum atomic E-state index is 12.8. The zero-order valence-electron chi connectivity index (χ0n) is 11.7. The highest BCUT2D eigenvalue weighted by atomic mass is 32.2. The summed E-state index contributed by atoms with van der Waals surface area (Å²) in [5, 5.41) is 0. The predicted octanol–water partition coefficient (Wildman–Crippen LogP) is 1.61. The van der Waals surface area contributed by atoms with Gasteiger partial charge in [0.05, 0.1) is 11.4 Å². The van der Waals surface area contributed by atoms with E-state index in [0.29, 0.717) is 36.9 Å². The maximum absolute atomic E-state index is 12.8. The Kier molecular flexibility index (Phi) is 3.38. The molecule has 2 heterocycles. The van der Waals surface area contributed by atoms with Gasteiger partial charge in [0.25, 0.3) is 0 Å². The van der Waals surface area contributed by atoms with Gasteiger partial charge in [-0.1, -0.05) is 19.1 Å². The molecule has 0 bridgehead atoms. The molecule has 1 aromatic rings. The molecular formula is C14H21N3O2S. The third-order valence-corrected chi connectivity index (χ3v) is 6.12. The van der Waals surface area contributed by atoms with Crippen LogP contribution < -0.4 is 10.0 Å². The Balaban J connectivity index is 1.94. The van der Waals surface area contributed by atoms with Crippen molar-refractivity contribution in [1.82, 2.24) is 4.31 Å². The van der Waals surface area contributed by atoms with Gasteiger partial charge in [-0.3, -0.25) is 4.31 Å². The van der Waals surface area contributed by atoms with Gasteiger partial charge in [0.15, 0.2) is 0 Å². The van der Waals surface area contributed by atoms with E-state index < -0.39 is 10.2 Å². The molecule has 0 aromatic heterocycles. The van der Waals surface area contributed by atoms with E-state index in [-0.39, 0.29) is 0 Å². The summed E-state index contributed by atoms with van der Waals surface area (Å²) >= 11 is 0. The van der Waals surface area contributed by atoms with Gasteiger partial charge in [-0.05, 0) is 36.8 Å². The Bertz CT molecular complexity index is 615. The van der Waals surface area contributed by atoms with Crippen LogP contribution in [0.2, 0.25) is 0 Å². The second-order valence-electron chi connectivity index (χ2n) is 5.79. The van der Waals surface area contributed by atoms with Crippen LogP contribution in [0.5, 0.6) is 0 Å². The number of hydrogen-bond acceptors (Lipinski definition) is 3. The van der Waals surface area contributed by atoms with Crippen LogP contribution in [0.3, 0.4) is 0 Å². The second-order valence-corrected chi connectivity index (χ2v) is 7.64. The maximum Gasteiger partial charge on any atom is 0.304 e. The van der Waals surface area contributed by atoms with E-state index in [1.165, 1.54) is 4.31 Å². The SMILES string of the molecule is CC1CCCN(S(=O)(=O)N2CCc3cccc(N)c32)C1. The smallest absolute Gasteiger partial charge is 0.304 e. The minimum absolute atomic E-state index is 0.425. The van der Waals surface area contributed by atoms with Crippen molar-refractivity contribution in [1.29, 1.82) is 0 Å². The number of nitrogens with two attached hydrogens (primary N) is 1. The number of rotatable bonds is 2. The van der Waals surface area contributed by atoms with Crippen molar-refractivity contribution in [2.75, 3.05) is 29.7 Å². The monoisotopic (exact) mass is 295 g/mol. The molecule has 0 spiro atoms. The lowest BCUT2D eigenvalue weighted by Gasteiger charge is -2.34. The van der Waals surface area contributed by atoms with Crippen LogP contribution in [-0.2, 0) is 16.6 Å². The Hall–Kier alpha value is -1.27. The molecule has 1 aromatic carbocycles. The summed E-state index contributed by atoms with van der Waals surface area (Å²) in [7, 11) is -3.44. The van der Waals surface area contributed by atoms with Crippen molar-refractivity contribution in [3.63, 3.8) is 0 Å². The van der Waals surface area contributed by atoms with Gasteiger partial charge in [-0.2, -0.15) is 12.7 Å². The molecule has 2 aliphatic rings. The zero-order chi connectivity index (χ0) is 14.3. The molecule has 1 saturated heterocycles. The minimum atomic E-state index is -3.44. The van der Waals surface area contributed by atoms with E-state index in [1.54, 1.807) is 10.4 Å². The molecule has 1 atom stereocenters. The number of nitrogen functional groups attached to an aromatic ring is 1. The number of piperidine rings is 1. The summed E-state index contributed by atoms with van der Waals surface area (Å²) < 4.78 is 28.8. The molecule has 1 unspecified atom stereocenters. The lowest BCUT2D eigenvalue weighted by molar-refractivity contribution is 0.280. The summed E-state index contributed by atoms with van der Waals surface area (Å²) in [5.41, 5.74) is 8.25. The average molecular weight is 295 g/mol. The lowest BCUT2D eigenvalue weighted by atomic mass is 10.0. The van der Waals surface area contributed by atoms with E-state index in [9.17, 15) is 8.42 Å². The summed E-state index contributed by atoms with van der Waals surface area (Å²) in [6, 6.07) is 5.61. The van der Waals surface area contributed by atoms with Crippen LogP contribution in [0.4, 0.5) is 11.4 Å². The van der Waals surface area contributed by atoms with E-state index in [1.807, 2.05) is 12.1 Å².